The van der Waals surface area contributed by atoms with Gasteiger partial charge in [-0.3, -0.25) is 4.79 Å². The topological polar surface area (TPSA) is 50.2 Å². The van der Waals surface area contributed by atoms with Crippen molar-refractivity contribution in [1.82, 2.24) is 4.98 Å². The quantitative estimate of drug-likeness (QED) is 0.827. The molecule has 0 amide bonds. The van der Waals surface area contributed by atoms with E-state index in [0.29, 0.717) is 0 Å². The van der Waals surface area contributed by atoms with Crippen LogP contribution < -0.4 is 0 Å². The highest BCUT2D eigenvalue weighted by Gasteiger charge is 2.19. The molecule has 3 nitrogen and oxygen atoms in total. The highest BCUT2D eigenvalue weighted by molar-refractivity contribution is 7.09. The number of carbonyl (C=O) groups is 1. The lowest BCUT2D eigenvalue weighted by Crippen LogP contribution is -2.07. The molecule has 0 saturated heterocycles. The van der Waals surface area contributed by atoms with E-state index in [0.717, 1.165) is 11.3 Å². The average Bonchev–Trinajstić information content (AvgIpc) is 2.50. The molecule has 1 aromatic rings. The first kappa shape index (κ1) is 10.0. The number of hydrogen-bond acceptors (Lipinski definition) is 3. The van der Waals surface area contributed by atoms with Crippen molar-refractivity contribution in [2.24, 2.45) is 0 Å². The second-order valence-electron chi connectivity index (χ2n) is 2.47. The van der Waals surface area contributed by atoms with Gasteiger partial charge in [0.05, 0.1) is 11.6 Å². The van der Waals surface area contributed by atoms with E-state index in [-0.39, 0.29) is 10.7 Å². The van der Waals surface area contributed by atoms with Gasteiger partial charge in [0.25, 0.3) is 6.43 Å². The molecule has 0 aliphatic carbocycles. The van der Waals surface area contributed by atoms with Crippen LogP contribution in [0.5, 0.6) is 0 Å². The van der Waals surface area contributed by atoms with Gasteiger partial charge in [0.15, 0.2) is 5.01 Å². The maximum Gasteiger partial charge on any atom is 0.312 e. The summed E-state index contributed by atoms with van der Waals surface area (Å²) >= 11 is 0.779. The Labute approximate surface area is 77.0 Å². The van der Waals surface area contributed by atoms with Crippen LogP contribution in [0.25, 0.3) is 0 Å². The summed E-state index contributed by atoms with van der Waals surface area (Å²) in [6.45, 7) is 1.41. The van der Waals surface area contributed by atoms with E-state index in [9.17, 15) is 13.6 Å². The van der Waals surface area contributed by atoms with E-state index in [2.05, 4.69) is 4.98 Å². The molecule has 0 aliphatic heterocycles. The molecule has 0 fully saturated rings. The molecule has 0 radical (unpaired) electrons. The maximum atomic E-state index is 12.0. The van der Waals surface area contributed by atoms with Gasteiger partial charge in [-0.05, 0) is 6.92 Å². The van der Waals surface area contributed by atoms with E-state index < -0.39 is 18.3 Å². The lowest BCUT2D eigenvalue weighted by molar-refractivity contribution is -0.138. The first-order valence-electron chi connectivity index (χ1n) is 3.48. The molecule has 1 aromatic heterocycles. The highest BCUT2D eigenvalue weighted by Crippen LogP contribution is 2.25. The molecule has 1 rings (SSSR count). The summed E-state index contributed by atoms with van der Waals surface area (Å²) in [5, 5.41) is 9.58. The van der Waals surface area contributed by atoms with Crippen molar-refractivity contribution in [3.05, 3.63) is 16.1 Å². The Bertz CT molecular complexity index is 313. The number of hydrogen-bond donors (Lipinski definition) is 1. The maximum absolute atomic E-state index is 12.0. The molecule has 1 heterocycles. The molecule has 0 aliphatic rings. The van der Waals surface area contributed by atoms with E-state index in [1.165, 1.54) is 12.3 Å². The van der Waals surface area contributed by atoms with Crippen LogP contribution in [-0.4, -0.2) is 16.1 Å². The standard InChI is InChI=1S/C7H7F2NO2S/c1-3(7(11)12)4-2-13-6(10-4)5(8)9/h2-3,5H,1H3,(H,11,12). The van der Waals surface area contributed by atoms with Crippen molar-refractivity contribution in [2.75, 3.05) is 0 Å². The number of aliphatic carboxylic acids is 1. The number of halogens is 2. The Morgan fingerprint density at radius 1 is 1.69 bits per heavy atom. The number of rotatable bonds is 3. The summed E-state index contributed by atoms with van der Waals surface area (Å²) in [6.07, 6.45) is -2.63. The minimum Gasteiger partial charge on any atom is -0.481 e. The predicted octanol–water partition coefficient (Wildman–Crippen LogP) is 2.27. The Balaban J connectivity index is 2.85. The fourth-order valence-corrected chi connectivity index (χ4v) is 1.49. The summed E-state index contributed by atoms with van der Waals surface area (Å²) in [7, 11) is 0. The van der Waals surface area contributed by atoms with E-state index in [1.807, 2.05) is 0 Å². The van der Waals surface area contributed by atoms with Gasteiger partial charge in [-0.1, -0.05) is 0 Å². The van der Waals surface area contributed by atoms with Crippen LogP contribution >= 0.6 is 11.3 Å². The Hall–Kier alpha value is -1.04. The zero-order chi connectivity index (χ0) is 10.0. The molecule has 0 spiro atoms. The largest absolute Gasteiger partial charge is 0.481 e. The fourth-order valence-electron chi connectivity index (χ4n) is 0.726. The Kier molecular flexibility index (Phi) is 2.92. The first-order chi connectivity index (χ1) is 6.02. The first-order valence-corrected chi connectivity index (χ1v) is 4.36. The van der Waals surface area contributed by atoms with E-state index in [4.69, 9.17) is 5.11 Å². The molecular formula is C7H7F2NO2S. The van der Waals surface area contributed by atoms with Crippen LogP contribution in [0.3, 0.4) is 0 Å². The molecule has 1 unspecified atom stereocenters. The Morgan fingerprint density at radius 2 is 2.31 bits per heavy atom. The van der Waals surface area contributed by atoms with Crippen LogP contribution in [0.4, 0.5) is 8.78 Å². The lowest BCUT2D eigenvalue weighted by atomic mass is 10.1. The normalized spacial score (nSPS) is 13.2. The summed E-state index contributed by atoms with van der Waals surface area (Å²) < 4.78 is 24.1. The molecule has 0 saturated carbocycles. The van der Waals surface area contributed by atoms with Crippen LogP contribution in [0, 0.1) is 0 Å². The van der Waals surface area contributed by atoms with Gasteiger partial charge in [0.1, 0.15) is 0 Å². The second kappa shape index (κ2) is 3.78. The van der Waals surface area contributed by atoms with Gasteiger partial charge in [-0.15, -0.1) is 11.3 Å². The number of thiazole rings is 1. The monoisotopic (exact) mass is 207 g/mol. The minimum atomic E-state index is -2.63. The van der Waals surface area contributed by atoms with Gasteiger partial charge < -0.3 is 5.11 Å². The third-order valence-electron chi connectivity index (χ3n) is 1.54. The summed E-state index contributed by atoms with van der Waals surface area (Å²) in [5.74, 6) is -1.89. The third-order valence-corrected chi connectivity index (χ3v) is 2.41. The van der Waals surface area contributed by atoms with Gasteiger partial charge in [0.2, 0.25) is 0 Å². The highest BCUT2D eigenvalue weighted by atomic mass is 32.1. The SMILES string of the molecule is CC(C(=O)O)c1csc(C(F)F)n1. The van der Waals surface area contributed by atoms with Gasteiger partial charge >= 0.3 is 5.97 Å². The Morgan fingerprint density at radius 3 is 2.69 bits per heavy atom. The molecule has 0 aromatic carbocycles. The van der Waals surface area contributed by atoms with Gasteiger partial charge in [-0.2, -0.15) is 0 Å². The molecule has 0 bridgehead atoms. The van der Waals surface area contributed by atoms with Crippen LogP contribution in [-0.2, 0) is 4.79 Å². The van der Waals surface area contributed by atoms with E-state index >= 15 is 0 Å². The third kappa shape index (κ3) is 2.21. The minimum absolute atomic E-state index is 0.188. The number of alkyl halides is 2. The second-order valence-corrected chi connectivity index (χ2v) is 3.36. The smallest absolute Gasteiger partial charge is 0.312 e. The fraction of sp³-hybridized carbons (Fsp3) is 0.429. The van der Waals surface area contributed by atoms with Crippen molar-refractivity contribution < 1.29 is 18.7 Å². The zero-order valence-electron chi connectivity index (χ0n) is 6.70. The zero-order valence-corrected chi connectivity index (χ0v) is 7.52. The van der Waals surface area contributed by atoms with Crippen molar-refractivity contribution >= 4 is 17.3 Å². The van der Waals surface area contributed by atoms with Gasteiger partial charge in [-0.25, -0.2) is 13.8 Å². The van der Waals surface area contributed by atoms with Crippen molar-refractivity contribution in [1.29, 1.82) is 0 Å². The van der Waals surface area contributed by atoms with Crippen molar-refractivity contribution in [2.45, 2.75) is 19.3 Å². The van der Waals surface area contributed by atoms with Crippen molar-refractivity contribution in [3.8, 4) is 0 Å². The van der Waals surface area contributed by atoms with Crippen LogP contribution in [0.2, 0.25) is 0 Å². The number of carboxylic acids is 1. The number of nitrogens with zero attached hydrogens (tertiary/aromatic N) is 1. The molecular weight excluding hydrogens is 200 g/mol. The van der Waals surface area contributed by atoms with Gasteiger partial charge in [0, 0.05) is 5.38 Å². The lowest BCUT2D eigenvalue weighted by Gasteiger charge is -1.99. The molecule has 1 N–H and O–H groups in total. The number of aromatic nitrogens is 1. The summed E-state index contributed by atoms with van der Waals surface area (Å²) in [5.41, 5.74) is 0.188. The van der Waals surface area contributed by atoms with Crippen molar-refractivity contribution in [3.63, 3.8) is 0 Å². The molecule has 1 atom stereocenters. The van der Waals surface area contributed by atoms with Crippen LogP contribution in [0.15, 0.2) is 5.38 Å². The van der Waals surface area contributed by atoms with Crippen LogP contribution in [0.1, 0.15) is 30.0 Å². The predicted molar refractivity (Wildman–Crippen MR) is 43.1 cm³/mol. The molecule has 72 valence electrons. The molecule has 13 heavy (non-hydrogen) atoms. The summed E-state index contributed by atoms with van der Waals surface area (Å²) in [6, 6.07) is 0. The number of carboxylic acid groups (broad SMARTS) is 1. The van der Waals surface area contributed by atoms with E-state index in [1.54, 1.807) is 0 Å². The average molecular weight is 207 g/mol. The molecule has 6 heteroatoms. The summed E-state index contributed by atoms with van der Waals surface area (Å²) in [4.78, 5) is 14.0.